The Hall–Kier alpha value is -0.370. The lowest BCUT2D eigenvalue weighted by molar-refractivity contribution is 0.312. The molecule has 1 aromatic rings. The van der Waals surface area contributed by atoms with Gasteiger partial charge in [-0.3, -0.25) is 0 Å². The third-order valence-electron chi connectivity index (χ3n) is 2.50. The molecular weight excluding hydrogens is 214 g/mol. The maximum atomic E-state index is 4.41. The average molecular weight is 226 g/mol. The van der Waals surface area contributed by atoms with Gasteiger partial charge in [-0.1, -0.05) is 25.3 Å². The molecule has 1 nitrogen and oxygen atoms in total. The Morgan fingerprint density at radius 2 is 2.25 bits per heavy atom. The van der Waals surface area contributed by atoms with E-state index < -0.39 is 0 Å². The Morgan fingerprint density at radius 1 is 1.42 bits per heavy atom. The van der Waals surface area contributed by atoms with Gasteiger partial charge < -0.3 is 0 Å². The number of aromatic nitrogens is 1. The van der Waals surface area contributed by atoms with Crippen LogP contribution < -0.4 is 0 Å². The molecular formula is C10H12BrN. The summed E-state index contributed by atoms with van der Waals surface area (Å²) in [4.78, 5) is 4.41. The summed E-state index contributed by atoms with van der Waals surface area (Å²) >= 11 is 3.38. The van der Waals surface area contributed by atoms with Gasteiger partial charge in [0.25, 0.3) is 0 Å². The van der Waals surface area contributed by atoms with Crippen LogP contribution in [0, 0.1) is 5.92 Å². The fourth-order valence-electron chi connectivity index (χ4n) is 1.56. The molecule has 0 spiro atoms. The molecule has 1 fully saturated rings. The Balaban J connectivity index is 2.02. The van der Waals surface area contributed by atoms with Gasteiger partial charge in [-0.15, -0.1) is 0 Å². The largest absolute Gasteiger partial charge is 0.246 e. The zero-order valence-electron chi connectivity index (χ0n) is 6.96. The van der Waals surface area contributed by atoms with Crippen LogP contribution in [0.4, 0.5) is 0 Å². The maximum Gasteiger partial charge on any atom is 0.106 e. The summed E-state index contributed by atoms with van der Waals surface area (Å²) in [5, 5.41) is 0. The summed E-state index contributed by atoms with van der Waals surface area (Å²) in [5.41, 5.74) is 1.23. The summed E-state index contributed by atoms with van der Waals surface area (Å²) in [5.74, 6) is 0.909. The predicted molar refractivity (Wildman–Crippen MR) is 53.0 cm³/mol. The van der Waals surface area contributed by atoms with Crippen molar-refractivity contribution >= 4 is 15.9 Å². The summed E-state index contributed by atoms with van der Waals surface area (Å²) in [6.45, 7) is 0. The summed E-state index contributed by atoms with van der Waals surface area (Å²) in [6.07, 6.45) is 5.38. The molecule has 64 valence electrons. The third-order valence-corrected chi connectivity index (χ3v) is 2.94. The van der Waals surface area contributed by atoms with Crippen molar-refractivity contribution in [1.29, 1.82) is 0 Å². The quantitative estimate of drug-likeness (QED) is 0.705. The fraction of sp³-hybridized carbons (Fsp3) is 0.500. The normalized spacial score (nSPS) is 17.4. The molecule has 1 saturated carbocycles. The van der Waals surface area contributed by atoms with E-state index in [1.807, 2.05) is 6.07 Å². The number of hydrogen-bond donors (Lipinski definition) is 0. The van der Waals surface area contributed by atoms with Crippen molar-refractivity contribution in [2.75, 3.05) is 0 Å². The lowest BCUT2D eigenvalue weighted by Gasteiger charge is -2.24. The van der Waals surface area contributed by atoms with E-state index in [1.54, 1.807) is 0 Å². The predicted octanol–water partition coefficient (Wildman–Crippen LogP) is 3.19. The lowest BCUT2D eigenvalue weighted by Crippen LogP contribution is -2.14. The van der Waals surface area contributed by atoms with Gasteiger partial charge in [0.15, 0.2) is 0 Å². The second-order valence-corrected chi connectivity index (χ2v) is 4.27. The molecule has 1 heterocycles. The van der Waals surface area contributed by atoms with Crippen molar-refractivity contribution in [3.63, 3.8) is 0 Å². The minimum Gasteiger partial charge on any atom is -0.246 e. The summed E-state index contributed by atoms with van der Waals surface area (Å²) in [6, 6.07) is 6.15. The average Bonchev–Trinajstić information content (AvgIpc) is 1.97. The van der Waals surface area contributed by atoms with Gasteiger partial charge in [0.05, 0.1) is 0 Å². The second kappa shape index (κ2) is 3.56. The van der Waals surface area contributed by atoms with Gasteiger partial charge in [0.2, 0.25) is 0 Å². The van der Waals surface area contributed by atoms with E-state index in [4.69, 9.17) is 0 Å². The van der Waals surface area contributed by atoms with Crippen molar-refractivity contribution in [2.45, 2.75) is 25.7 Å². The molecule has 0 amide bonds. The SMILES string of the molecule is Brc1cccc(CC2CCC2)n1. The summed E-state index contributed by atoms with van der Waals surface area (Å²) in [7, 11) is 0. The van der Waals surface area contributed by atoms with Crippen LogP contribution >= 0.6 is 15.9 Å². The molecule has 0 atom stereocenters. The third kappa shape index (κ3) is 1.86. The van der Waals surface area contributed by atoms with E-state index in [0.29, 0.717) is 0 Å². The van der Waals surface area contributed by atoms with Gasteiger partial charge in [-0.05, 0) is 40.4 Å². The number of rotatable bonds is 2. The molecule has 0 saturated heterocycles. The molecule has 1 aliphatic carbocycles. The molecule has 0 unspecified atom stereocenters. The van der Waals surface area contributed by atoms with Gasteiger partial charge >= 0.3 is 0 Å². The highest BCUT2D eigenvalue weighted by Crippen LogP contribution is 2.29. The molecule has 0 radical (unpaired) electrons. The van der Waals surface area contributed by atoms with Crippen molar-refractivity contribution in [1.82, 2.24) is 4.98 Å². The Morgan fingerprint density at radius 3 is 2.83 bits per heavy atom. The van der Waals surface area contributed by atoms with E-state index in [2.05, 4.69) is 33.0 Å². The van der Waals surface area contributed by atoms with Crippen molar-refractivity contribution in [3.8, 4) is 0 Å². The first-order chi connectivity index (χ1) is 5.84. The van der Waals surface area contributed by atoms with Crippen LogP contribution in [-0.2, 0) is 6.42 Å². The van der Waals surface area contributed by atoms with Gasteiger partial charge in [-0.2, -0.15) is 0 Å². The Bertz CT molecular complexity index is 268. The molecule has 0 aliphatic heterocycles. The molecule has 2 rings (SSSR count). The highest BCUT2D eigenvalue weighted by molar-refractivity contribution is 9.10. The molecule has 0 aromatic carbocycles. The Kier molecular flexibility index (Phi) is 2.45. The first kappa shape index (κ1) is 8.24. The van der Waals surface area contributed by atoms with Crippen LogP contribution in [0.2, 0.25) is 0 Å². The van der Waals surface area contributed by atoms with E-state index in [0.717, 1.165) is 10.5 Å². The topological polar surface area (TPSA) is 12.9 Å². The minimum atomic E-state index is 0.909. The first-order valence-electron chi connectivity index (χ1n) is 4.46. The van der Waals surface area contributed by atoms with E-state index in [-0.39, 0.29) is 0 Å². The second-order valence-electron chi connectivity index (χ2n) is 3.45. The van der Waals surface area contributed by atoms with Crippen LogP contribution in [0.5, 0.6) is 0 Å². The highest BCUT2D eigenvalue weighted by atomic mass is 79.9. The first-order valence-corrected chi connectivity index (χ1v) is 5.25. The standard InChI is InChI=1S/C10H12BrN/c11-10-6-2-5-9(12-10)7-8-3-1-4-8/h2,5-6,8H,1,3-4,7H2. The van der Waals surface area contributed by atoms with Crippen LogP contribution in [0.3, 0.4) is 0 Å². The molecule has 1 aliphatic rings. The van der Waals surface area contributed by atoms with Crippen LogP contribution in [0.25, 0.3) is 0 Å². The number of halogens is 1. The molecule has 1 aromatic heterocycles. The van der Waals surface area contributed by atoms with Gasteiger partial charge in [-0.25, -0.2) is 4.98 Å². The summed E-state index contributed by atoms with van der Waals surface area (Å²) < 4.78 is 0.958. The van der Waals surface area contributed by atoms with E-state index >= 15 is 0 Å². The van der Waals surface area contributed by atoms with Crippen LogP contribution in [0.15, 0.2) is 22.8 Å². The minimum absolute atomic E-state index is 0.909. The van der Waals surface area contributed by atoms with Gasteiger partial charge in [0.1, 0.15) is 4.60 Å². The van der Waals surface area contributed by atoms with Crippen molar-refractivity contribution in [3.05, 3.63) is 28.5 Å². The molecule has 0 N–H and O–H groups in total. The number of hydrogen-bond acceptors (Lipinski definition) is 1. The van der Waals surface area contributed by atoms with Crippen molar-refractivity contribution in [2.24, 2.45) is 5.92 Å². The van der Waals surface area contributed by atoms with Gasteiger partial charge in [0, 0.05) is 5.69 Å². The molecule has 0 bridgehead atoms. The monoisotopic (exact) mass is 225 g/mol. The molecule has 2 heteroatoms. The smallest absolute Gasteiger partial charge is 0.106 e. The van der Waals surface area contributed by atoms with Crippen LogP contribution in [-0.4, -0.2) is 4.98 Å². The highest BCUT2D eigenvalue weighted by Gasteiger charge is 2.17. The maximum absolute atomic E-state index is 4.41. The van der Waals surface area contributed by atoms with Crippen molar-refractivity contribution < 1.29 is 0 Å². The zero-order chi connectivity index (χ0) is 8.39. The van der Waals surface area contributed by atoms with E-state index in [1.165, 1.54) is 31.4 Å². The lowest BCUT2D eigenvalue weighted by atomic mass is 9.82. The Labute approximate surface area is 81.3 Å². The van der Waals surface area contributed by atoms with Crippen LogP contribution in [0.1, 0.15) is 25.0 Å². The zero-order valence-corrected chi connectivity index (χ0v) is 8.55. The molecule has 12 heavy (non-hydrogen) atoms. The van der Waals surface area contributed by atoms with E-state index in [9.17, 15) is 0 Å². The number of nitrogens with zero attached hydrogens (tertiary/aromatic N) is 1. The fourth-order valence-corrected chi connectivity index (χ4v) is 1.94. The number of pyridine rings is 1.